The zero-order chi connectivity index (χ0) is 38.9. The first kappa shape index (κ1) is 51.2. The maximum absolute atomic E-state index is 12.5. The standard InChI is InChI=1S/C43H80NO8P/c1-3-5-7-9-11-13-15-17-19-20-22-24-26-28-30-32-34-36-43(46)52-41(40-51-53(47,48)50-38-37-44)39-49-42(45)35-33-31-29-27-25-23-21-18-16-14-12-10-8-6-4-2/h17,19,22,24,28,30,41H,3-16,18,20-21,23,25-27,29,31-40,44H2,1-2H3,(H,47,48)/b19-17+,24-22-,30-28+/t41-/m1/s1. The van der Waals surface area contributed by atoms with Crippen molar-refractivity contribution >= 4 is 19.8 Å². The number of carbonyl (C=O) groups is 2. The van der Waals surface area contributed by atoms with Gasteiger partial charge in [0, 0.05) is 19.4 Å². The van der Waals surface area contributed by atoms with Crippen LogP contribution in [0.5, 0.6) is 0 Å². The van der Waals surface area contributed by atoms with Gasteiger partial charge in [-0.1, -0.05) is 172 Å². The Labute approximate surface area is 324 Å². The summed E-state index contributed by atoms with van der Waals surface area (Å²) in [5, 5.41) is 0. The van der Waals surface area contributed by atoms with Crippen LogP contribution in [0.2, 0.25) is 0 Å². The lowest BCUT2D eigenvalue weighted by molar-refractivity contribution is -0.161. The van der Waals surface area contributed by atoms with Gasteiger partial charge in [-0.25, -0.2) is 4.57 Å². The Kier molecular flexibility index (Phi) is 38.6. The molecule has 0 spiro atoms. The molecular formula is C43H80NO8P. The molecule has 0 radical (unpaired) electrons. The van der Waals surface area contributed by atoms with Gasteiger partial charge in [-0.05, 0) is 44.9 Å². The third-order valence-corrected chi connectivity index (χ3v) is 10.0. The minimum atomic E-state index is -4.39. The topological polar surface area (TPSA) is 134 Å². The van der Waals surface area contributed by atoms with Gasteiger partial charge in [0.25, 0.3) is 0 Å². The van der Waals surface area contributed by atoms with Gasteiger partial charge in [0.2, 0.25) is 0 Å². The molecule has 0 saturated heterocycles. The third kappa shape index (κ3) is 39.7. The predicted molar refractivity (Wildman–Crippen MR) is 220 cm³/mol. The maximum Gasteiger partial charge on any atom is 0.472 e. The Balaban J connectivity index is 4.24. The molecule has 310 valence electrons. The third-order valence-electron chi connectivity index (χ3n) is 9.03. The molecule has 0 saturated carbocycles. The van der Waals surface area contributed by atoms with E-state index in [-0.39, 0.29) is 32.6 Å². The van der Waals surface area contributed by atoms with Crippen LogP contribution in [0.4, 0.5) is 0 Å². The Bertz CT molecular complexity index is 970. The van der Waals surface area contributed by atoms with E-state index >= 15 is 0 Å². The highest BCUT2D eigenvalue weighted by Crippen LogP contribution is 2.43. The molecule has 0 aromatic carbocycles. The van der Waals surface area contributed by atoms with Gasteiger partial charge >= 0.3 is 19.8 Å². The van der Waals surface area contributed by atoms with Crippen LogP contribution in [-0.2, 0) is 32.7 Å². The number of allylic oxidation sites excluding steroid dienone is 6. The highest BCUT2D eigenvalue weighted by molar-refractivity contribution is 7.47. The zero-order valence-corrected chi connectivity index (χ0v) is 34.9. The first-order valence-corrected chi connectivity index (χ1v) is 23.0. The summed E-state index contributed by atoms with van der Waals surface area (Å²) in [4.78, 5) is 34.8. The van der Waals surface area contributed by atoms with Crippen molar-refractivity contribution in [3.63, 3.8) is 0 Å². The molecular weight excluding hydrogens is 689 g/mol. The van der Waals surface area contributed by atoms with E-state index in [1.807, 2.05) is 6.08 Å². The molecule has 0 aromatic rings. The number of phosphoric acid groups is 1. The number of hydrogen-bond acceptors (Lipinski definition) is 8. The number of esters is 2. The van der Waals surface area contributed by atoms with Crippen molar-refractivity contribution in [2.45, 2.75) is 200 Å². The Hall–Kier alpha value is -1.77. The van der Waals surface area contributed by atoms with E-state index in [9.17, 15) is 19.0 Å². The number of carbonyl (C=O) groups excluding carboxylic acids is 2. The lowest BCUT2D eigenvalue weighted by Gasteiger charge is -2.19. The fraction of sp³-hybridized carbons (Fsp3) is 0.814. The summed E-state index contributed by atoms with van der Waals surface area (Å²) in [6.07, 6.45) is 43.2. The number of unbranched alkanes of at least 4 members (excludes halogenated alkanes) is 21. The number of phosphoric ester groups is 1. The Morgan fingerprint density at radius 2 is 1.00 bits per heavy atom. The SMILES string of the molecule is CCCCCCCC/C=C/C/C=C\C/C=C/CCCC(=O)O[C@H](COC(=O)CCCCCCCCCCCCCCCCC)COP(=O)(O)OCCN. The van der Waals surface area contributed by atoms with Gasteiger partial charge in [0.05, 0.1) is 13.2 Å². The van der Waals surface area contributed by atoms with E-state index in [1.54, 1.807) is 0 Å². The van der Waals surface area contributed by atoms with Crippen LogP contribution >= 0.6 is 7.82 Å². The van der Waals surface area contributed by atoms with Crippen LogP contribution in [0, 0.1) is 0 Å². The molecule has 0 aliphatic rings. The summed E-state index contributed by atoms with van der Waals surface area (Å²) in [6.45, 7) is 3.68. The lowest BCUT2D eigenvalue weighted by atomic mass is 10.0. The van der Waals surface area contributed by atoms with Crippen molar-refractivity contribution in [1.29, 1.82) is 0 Å². The van der Waals surface area contributed by atoms with Crippen molar-refractivity contribution in [3.05, 3.63) is 36.5 Å². The molecule has 0 fully saturated rings. The van der Waals surface area contributed by atoms with Gasteiger partial charge < -0.3 is 20.1 Å². The molecule has 1 unspecified atom stereocenters. The molecule has 0 aliphatic heterocycles. The van der Waals surface area contributed by atoms with Crippen LogP contribution in [-0.4, -0.2) is 49.3 Å². The van der Waals surface area contributed by atoms with E-state index < -0.39 is 32.5 Å². The molecule has 10 heteroatoms. The van der Waals surface area contributed by atoms with E-state index in [0.29, 0.717) is 6.42 Å². The number of ether oxygens (including phenoxy) is 2. The molecule has 0 bridgehead atoms. The summed E-state index contributed by atoms with van der Waals surface area (Å²) >= 11 is 0. The Morgan fingerprint density at radius 3 is 1.51 bits per heavy atom. The van der Waals surface area contributed by atoms with Crippen LogP contribution in [0.3, 0.4) is 0 Å². The monoisotopic (exact) mass is 770 g/mol. The quantitative estimate of drug-likeness (QED) is 0.0270. The average molecular weight is 770 g/mol. The second-order valence-corrected chi connectivity index (χ2v) is 15.7. The first-order chi connectivity index (χ1) is 25.8. The molecule has 0 aliphatic carbocycles. The second kappa shape index (κ2) is 39.9. The molecule has 0 amide bonds. The summed E-state index contributed by atoms with van der Waals surface area (Å²) in [6, 6.07) is 0. The van der Waals surface area contributed by atoms with Crippen molar-refractivity contribution < 1.29 is 37.6 Å². The van der Waals surface area contributed by atoms with Crippen molar-refractivity contribution in [2.24, 2.45) is 5.73 Å². The van der Waals surface area contributed by atoms with Gasteiger partial charge in [0.1, 0.15) is 6.61 Å². The van der Waals surface area contributed by atoms with Crippen LogP contribution in [0.1, 0.15) is 194 Å². The van der Waals surface area contributed by atoms with E-state index in [2.05, 4.69) is 44.2 Å². The van der Waals surface area contributed by atoms with Crippen molar-refractivity contribution in [2.75, 3.05) is 26.4 Å². The van der Waals surface area contributed by atoms with Gasteiger partial charge in [-0.2, -0.15) is 0 Å². The number of nitrogens with two attached hydrogens (primary N) is 1. The average Bonchev–Trinajstić information content (AvgIpc) is 3.14. The minimum Gasteiger partial charge on any atom is -0.462 e. The fourth-order valence-corrected chi connectivity index (χ4v) is 6.59. The smallest absolute Gasteiger partial charge is 0.462 e. The van der Waals surface area contributed by atoms with E-state index in [4.69, 9.17) is 24.3 Å². The van der Waals surface area contributed by atoms with Gasteiger partial charge in [-0.15, -0.1) is 0 Å². The van der Waals surface area contributed by atoms with Crippen molar-refractivity contribution in [3.8, 4) is 0 Å². The number of hydrogen-bond donors (Lipinski definition) is 2. The molecule has 2 atom stereocenters. The molecule has 9 nitrogen and oxygen atoms in total. The van der Waals surface area contributed by atoms with Crippen LogP contribution in [0.15, 0.2) is 36.5 Å². The molecule has 0 rings (SSSR count). The molecule has 0 heterocycles. The zero-order valence-electron chi connectivity index (χ0n) is 34.0. The van der Waals surface area contributed by atoms with Gasteiger partial charge in [-0.3, -0.25) is 18.6 Å². The number of rotatable bonds is 40. The van der Waals surface area contributed by atoms with Gasteiger partial charge in [0.15, 0.2) is 6.10 Å². The summed E-state index contributed by atoms with van der Waals surface area (Å²) < 4.78 is 32.7. The highest BCUT2D eigenvalue weighted by atomic mass is 31.2. The second-order valence-electron chi connectivity index (χ2n) is 14.2. The maximum atomic E-state index is 12.5. The normalized spacial score (nSPS) is 13.7. The van der Waals surface area contributed by atoms with E-state index in [0.717, 1.165) is 44.9 Å². The largest absolute Gasteiger partial charge is 0.472 e. The molecule has 3 N–H and O–H groups in total. The molecule has 0 aromatic heterocycles. The van der Waals surface area contributed by atoms with Crippen LogP contribution < -0.4 is 5.73 Å². The lowest BCUT2D eigenvalue weighted by Crippen LogP contribution is -2.29. The van der Waals surface area contributed by atoms with Crippen molar-refractivity contribution in [1.82, 2.24) is 0 Å². The Morgan fingerprint density at radius 1 is 0.566 bits per heavy atom. The highest BCUT2D eigenvalue weighted by Gasteiger charge is 2.25. The summed E-state index contributed by atoms with van der Waals surface area (Å²) in [5.74, 6) is -0.885. The predicted octanol–water partition coefficient (Wildman–Crippen LogP) is 12.2. The van der Waals surface area contributed by atoms with E-state index in [1.165, 1.54) is 116 Å². The fourth-order valence-electron chi connectivity index (χ4n) is 5.83. The first-order valence-electron chi connectivity index (χ1n) is 21.5. The summed E-state index contributed by atoms with van der Waals surface area (Å²) in [5.41, 5.74) is 5.34. The summed E-state index contributed by atoms with van der Waals surface area (Å²) in [7, 11) is -4.39. The van der Waals surface area contributed by atoms with Crippen LogP contribution in [0.25, 0.3) is 0 Å². The minimum absolute atomic E-state index is 0.0463. The molecule has 53 heavy (non-hydrogen) atoms.